The zero-order valence-electron chi connectivity index (χ0n) is 9.91. The van der Waals surface area contributed by atoms with E-state index in [1.807, 2.05) is 13.8 Å². The molecule has 0 aliphatic heterocycles. The number of aromatic nitrogens is 2. The van der Waals surface area contributed by atoms with Crippen LogP contribution in [0.1, 0.15) is 37.0 Å². The Labute approximate surface area is 111 Å². The molecule has 6 heteroatoms. The Morgan fingerprint density at radius 2 is 1.82 bits per heavy atom. The number of nitrogens with zero attached hydrogens (tertiary/aromatic N) is 3. The molecule has 0 unspecified atom stereocenters. The van der Waals surface area contributed by atoms with Gasteiger partial charge in [0.15, 0.2) is 10.3 Å². The minimum atomic E-state index is -0.143. The van der Waals surface area contributed by atoms with Crippen LogP contribution in [0.15, 0.2) is 6.07 Å². The van der Waals surface area contributed by atoms with E-state index < -0.39 is 0 Å². The predicted octanol–water partition coefficient (Wildman–Crippen LogP) is 3.05. The standard InChI is InChI=1S/C11H15Cl2N3O/c1-3-5-16(6-4-2)11(17)8-7-9(12)14-15-10(8)13/h7H,3-6H2,1-2H3. The van der Waals surface area contributed by atoms with Gasteiger partial charge in [-0.1, -0.05) is 37.0 Å². The zero-order valence-corrected chi connectivity index (χ0v) is 11.4. The van der Waals surface area contributed by atoms with Gasteiger partial charge in [-0.3, -0.25) is 4.79 Å². The van der Waals surface area contributed by atoms with Crippen molar-refractivity contribution in [3.8, 4) is 0 Å². The Morgan fingerprint density at radius 3 is 2.35 bits per heavy atom. The maximum atomic E-state index is 12.2. The number of halogens is 2. The lowest BCUT2D eigenvalue weighted by atomic mass is 10.2. The minimum Gasteiger partial charge on any atom is -0.339 e. The van der Waals surface area contributed by atoms with Crippen LogP contribution in [0, 0.1) is 0 Å². The van der Waals surface area contributed by atoms with Gasteiger partial charge in [-0.15, -0.1) is 10.2 Å². The van der Waals surface area contributed by atoms with Crippen molar-refractivity contribution < 1.29 is 4.79 Å². The molecule has 1 heterocycles. The average molecular weight is 276 g/mol. The summed E-state index contributed by atoms with van der Waals surface area (Å²) in [5.74, 6) is -0.143. The molecule has 0 aliphatic carbocycles. The molecule has 0 N–H and O–H groups in total. The van der Waals surface area contributed by atoms with Gasteiger partial charge in [0.05, 0.1) is 5.56 Å². The van der Waals surface area contributed by atoms with Gasteiger partial charge in [0, 0.05) is 13.1 Å². The molecule has 4 nitrogen and oxygen atoms in total. The highest BCUT2D eigenvalue weighted by Gasteiger charge is 2.18. The average Bonchev–Trinajstić information content (AvgIpc) is 2.31. The van der Waals surface area contributed by atoms with Crippen molar-refractivity contribution in [1.29, 1.82) is 0 Å². The van der Waals surface area contributed by atoms with Crippen LogP contribution in [0.3, 0.4) is 0 Å². The summed E-state index contributed by atoms with van der Waals surface area (Å²) < 4.78 is 0. The molecule has 1 rings (SSSR count). The lowest BCUT2D eigenvalue weighted by Crippen LogP contribution is -2.32. The molecule has 0 bridgehead atoms. The molecule has 94 valence electrons. The highest BCUT2D eigenvalue weighted by molar-refractivity contribution is 6.34. The Balaban J connectivity index is 2.95. The van der Waals surface area contributed by atoms with Crippen LogP contribution in [0.2, 0.25) is 10.3 Å². The summed E-state index contributed by atoms with van der Waals surface area (Å²) in [5, 5.41) is 7.49. The van der Waals surface area contributed by atoms with Crippen molar-refractivity contribution in [1.82, 2.24) is 15.1 Å². The van der Waals surface area contributed by atoms with Gasteiger partial charge in [-0.25, -0.2) is 0 Å². The molecule has 0 saturated carbocycles. The number of rotatable bonds is 5. The van der Waals surface area contributed by atoms with Gasteiger partial charge in [0.2, 0.25) is 0 Å². The number of hydrogen-bond donors (Lipinski definition) is 0. The second-order valence-electron chi connectivity index (χ2n) is 3.66. The van der Waals surface area contributed by atoms with Crippen LogP contribution in [0.5, 0.6) is 0 Å². The van der Waals surface area contributed by atoms with Crippen LogP contribution in [-0.4, -0.2) is 34.1 Å². The van der Waals surface area contributed by atoms with E-state index in [4.69, 9.17) is 23.2 Å². The maximum absolute atomic E-state index is 12.2. The van der Waals surface area contributed by atoms with E-state index in [9.17, 15) is 4.79 Å². The minimum absolute atomic E-state index is 0.0941. The molecule has 0 radical (unpaired) electrons. The van der Waals surface area contributed by atoms with Gasteiger partial charge >= 0.3 is 0 Å². The summed E-state index contributed by atoms with van der Waals surface area (Å²) in [4.78, 5) is 14.0. The number of carbonyl (C=O) groups excluding carboxylic acids is 1. The number of amides is 1. The largest absolute Gasteiger partial charge is 0.339 e. The smallest absolute Gasteiger partial charge is 0.257 e. The molecular formula is C11H15Cl2N3O. The SMILES string of the molecule is CCCN(CCC)C(=O)c1cc(Cl)nnc1Cl. The van der Waals surface area contributed by atoms with Crippen molar-refractivity contribution >= 4 is 29.1 Å². The summed E-state index contributed by atoms with van der Waals surface area (Å²) in [6.07, 6.45) is 1.80. The Hall–Kier alpha value is -0.870. The predicted molar refractivity (Wildman–Crippen MR) is 68.5 cm³/mol. The van der Waals surface area contributed by atoms with E-state index >= 15 is 0 Å². The number of carbonyl (C=O) groups is 1. The summed E-state index contributed by atoms with van der Waals surface area (Å²) >= 11 is 11.6. The van der Waals surface area contributed by atoms with E-state index in [-0.39, 0.29) is 16.2 Å². The van der Waals surface area contributed by atoms with E-state index in [0.29, 0.717) is 18.7 Å². The molecule has 0 atom stereocenters. The highest BCUT2D eigenvalue weighted by Crippen LogP contribution is 2.17. The van der Waals surface area contributed by atoms with Crippen molar-refractivity contribution in [2.75, 3.05) is 13.1 Å². The van der Waals surface area contributed by atoms with E-state index in [1.54, 1.807) is 4.90 Å². The summed E-state index contributed by atoms with van der Waals surface area (Å²) in [6, 6.07) is 1.46. The van der Waals surface area contributed by atoms with Crippen LogP contribution in [0.25, 0.3) is 0 Å². The van der Waals surface area contributed by atoms with E-state index in [2.05, 4.69) is 10.2 Å². The fourth-order valence-electron chi connectivity index (χ4n) is 1.53. The van der Waals surface area contributed by atoms with Gasteiger partial charge in [-0.05, 0) is 18.9 Å². The third-order valence-electron chi connectivity index (χ3n) is 2.22. The van der Waals surface area contributed by atoms with E-state index in [0.717, 1.165) is 12.8 Å². The fourth-order valence-corrected chi connectivity index (χ4v) is 1.85. The van der Waals surface area contributed by atoms with Gasteiger partial charge < -0.3 is 4.90 Å². The summed E-state index contributed by atoms with van der Waals surface area (Å²) in [5.41, 5.74) is 0.313. The maximum Gasteiger partial charge on any atom is 0.257 e. The third kappa shape index (κ3) is 3.82. The lowest BCUT2D eigenvalue weighted by Gasteiger charge is -2.21. The molecule has 0 aromatic carbocycles. The molecule has 1 aromatic heterocycles. The molecule has 0 spiro atoms. The Kier molecular flexibility index (Phi) is 5.65. The Morgan fingerprint density at radius 1 is 1.24 bits per heavy atom. The van der Waals surface area contributed by atoms with Crippen molar-refractivity contribution in [2.45, 2.75) is 26.7 Å². The molecule has 0 aliphatic rings. The first-order valence-electron chi connectivity index (χ1n) is 5.58. The van der Waals surface area contributed by atoms with Crippen LogP contribution in [0.4, 0.5) is 0 Å². The van der Waals surface area contributed by atoms with Crippen LogP contribution >= 0.6 is 23.2 Å². The topological polar surface area (TPSA) is 46.1 Å². The lowest BCUT2D eigenvalue weighted by molar-refractivity contribution is 0.0755. The normalized spacial score (nSPS) is 10.4. The molecule has 1 aromatic rings. The molecule has 1 amide bonds. The molecule has 0 saturated heterocycles. The van der Waals surface area contributed by atoms with Gasteiger partial charge in [0.1, 0.15) is 0 Å². The molecule has 17 heavy (non-hydrogen) atoms. The fraction of sp³-hybridized carbons (Fsp3) is 0.545. The van der Waals surface area contributed by atoms with Crippen LogP contribution in [-0.2, 0) is 0 Å². The molecular weight excluding hydrogens is 261 g/mol. The second-order valence-corrected chi connectivity index (χ2v) is 4.41. The second kappa shape index (κ2) is 6.77. The summed E-state index contributed by atoms with van der Waals surface area (Å²) in [7, 11) is 0. The quantitative estimate of drug-likeness (QED) is 0.830. The number of hydrogen-bond acceptors (Lipinski definition) is 3. The highest BCUT2D eigenvalue weighted by atomic mass is 35.5. The van der Waals surface area contributed by atoms with E-state index in [1.165, 1.54) is 6.07 Å². The van der Waals surface area contributed by atoms with Crippen molar-refractivity contribution in [3.05, 3.63) is 21.9 Å². The summed E-state index contributed by atoms with van der Waals surface area (Å²) in [6.45, 7) is 5.44. The van der Waals surface area contributed by atoms with Gasteiger partial charge in [0.25, 0.3) is 5.91 Å². The first-order chi connectivity index (χ1) is 8.10. The first-order valence-corrected chi connectivity index (χ1v) is 6.33. The Bertz CT molecular complexity index is 392. The third-order valence-corrected chi connectivity index (χ3v) is 2.69. The van der Waals surface area contributed by atoms with Crippen LogP contribution < -0.4 is 0 Å². The van der Waals surface area contributed by atoms with Crippen molar-refractivity contribution in [3.63, 3.8) is 0 Å². The van der Waals surface area contributed by atoms with Crippen molar-refractivity contribution in [2.24, 2.45) is 0 Å². The first kappa shape index (κ1) is 14.2. The monoisotopic (exact) mass is 275 g/mol. The zero-order chi connectivity index (χ0) is 12.8. The van der Waals surface area contributed by atoms with Gasteiger partial charge in [-0.2, -0.15) is 0 Å². The molecule has 0 fully saturated rings.